The van der Waals surface area contributed by atoms with Gasteiger partial charge in [-0.1, -0.05) is 12.2 Å². The van der Waals surface area contributed by atoms with Crippen LogP contribution in [-0.4, -0.2) is 14.0 Å². The van der Waals surface area contributed by atoms with E-state index in [9.17, 15) is 4.21 Å². The van der Waals surface area contributed by atoms with Crippen LogP contribution >= 0.6 is 0 Å². The maximum Gasteiger partial charge on any atom is 0.159 e. The lowest BCUT2D eigenvalue weighted by molar-refractivity contribution is 0.557. The quantitative estimate of drug-likeness (QED) is 0.454. The molecule has 0 aliphatic rings. The van der Waals surface area contributed by atoms with E-state index in [0.717, 1.165) is 5.57 Å². The maximum absolute atomic E-state index is 10.2. The summed E-state index contributed by atoms with van der Waals surface area (Å²) in [5.74, 6) is 0. The van der Waals surface area contributed by atoms with Crippen LogP contribution in [0.3, 0.4) is 0 Å². The Bertz CT molecular complexity index is 106. The second kappa shape index (κ2) is 2.99. The lowest BCUT2D eigenvalue weighted by Crippen LogP contribution is -2.09. The molecule has 2 nitrogen and oxygen atoms in total. The molecule has 0 aliphatic heterocycles. The first-order valence-electron chi connectivity index (χ1n) is 2.30. The summed E-state index contributed by atoms with van der Waals surface area (Å²) in [6.45, 7) is 6.92. The van der Waals surface area contributed by atoms with Crippen molar-refractivity contribution in [3.63, 3.8) is 0 Å². The summed E-state index contributed by atoms with van der Waals surface area (Å²) < 4.78 is 18.6. The molecule has 2 unspecified atom stereocenters. The fraction of sp³-hybridized carbons (Fsp3) is 0.600. The Labute approximate surface area is 51.9 Å². The molecule has 1 N–H and O–H groups in total. The Hall–Kier alpha value is -0.150. The average Bonchev–Trinajstić information content (AvgIpc) is 1.64. The Morgan fingerprint density at radius 3 is 2.25 bits per heavy atom. The molecule has 0 aromatic carbocycles. The van der Waals surface area contributed by atoms with Crippen molar-refractivity contribution in [3.05, 3.63) is 12.2 Å². The fourth-order valence-electron chi connectivity index (χ4n) is 0.172. The summed E-state index contributed by atoms with van der Waals surface area (Å²) in [5, 5.41) is -0.296. The zero-order valence-corrected chi connectivity index (χ0v) is 5.86. The van der Waals surface area contributed by atoms with Gasteiger partial charge < -0.3 is 4.55 Å². The van der Waals surface area contributed by atoms with Crippen molar-refractivity contribution >= 4 is 11.1 Å². The summed E-state index contributed by atoms with van der Waals surface area (Å²) in [6.07, 6.45) is 0. The van der Waals surface area contributed by atoms with Crippen molar-refractivity contribution in [1.29, 1.82) is 0 Å². The van der Waals surface area contributed by atoms with Gasteiger partial charge in [0.2, 0.25) is 0 Å². The highest BCUT2D eigenvalue weighted by atomic mass is 32.2. The molecule has 2 atom stereocenters. The molecule has 0 aliphatic carbocycles. The van der Waals surface area contributed by atoms with Gasteiger partial charge in [0.15, 0.2) is 11.1 Å². The van der Waals surface area contributed by atoms with Crippen LogP contribution in [-0.2, 0) is 11.1 Å². The van der Waals surface area contributed by atoms with E-state index < -0.39 is 11.1 Å². The molecule has 0 fully saturated rings. The van der Waals surface area contributed by atoms with Gasteiger partial charge in [0.05, 0.1) is 5.25 Å². The molecule has 0 aromatic heterocycles. The second-order valence-corrected chi connectivity index (χ2v) is 3.02. The van der Waals surface area contributed by atoms with Crippen molar-refractivity contribution in [3.8, 4) is 0 Å². The van der Waals surface area contributed by atoms with Crippen molar-refractivity contribution in [2.45, 2.75) is 19.1 Å². The maximum atomic E-state index is 10.2. The standard InChI is InChI=1S/C5H10O2S/c1-4(2)5(3)8(6)7/h5H,1H2,2-3H3,(H,6,7). The molecular weight excluding hydrogens is 124 g/mol. The van der Waals surface area contributed by atoms with Gasteiger partial charge in [0.1, 0.15) is 0 Å². The van der Waals surface area contributed by atoms with E-state index in [1.54, 1.807) is 13.8 Å². The molecule has 0 radical (unpaired) electrons. The third kappa shape index (κ3) is 2.23. The molecule has 0 spiro atoms. The van der Waals surface area contributed by atoms with Gasteiger partial charge in [-0.3, -0.25) is 0 Å². The van der Waals surface area contributed by atoms with E-state index in [1.807, 2.05) is 0 Å². The third-order valence-electron chi connectivity index (χ3n) is 0.996. The zero-order valence-electron chi connectivity index (χ0n) is 5.05. The summed E-state index contributed by atoms with van der Waals surface area (Å²) in [5.41, 5.74) is 0.742. The molecule has 0 rings (SSSR count). The minimum atomic E-state index is -1.74. The number of hydrogen-bond donors (Lipinski definition) is 1. The van der Waals surface area contributed by atoms with E-state index in [4.69, 9.17) is 4.55 Å². The minimum Gasteiger partial charge on any atom is -0.306 e. The van der Waals surface area contributed by atoms with Crippen LogP contribution in [0, 0.1) is 0 Å². The molecule has 0 bridgehead atoms. The molecule has 48 valence electrons. The lowest BCUT2D eigenvalue weighted by Gasteiger charge is -2.02. The van der Waals surface area contributed by atoms with Gasteiger partial charge in [-0.25, -0.2) is 4.21 Å². The largest absolute Gasteiger partial charge is 0.306 e. The summed E-state index contributed by atoms with van der Waals surface area (Å²) >= 11 is -1.74. The second-order valence-electron chi connectivity index (χ2n) is 1.76. The Balaban J connectivity index is 3.83. The highest BCUT2D eigenvalue weighted by molar-refractivity contribution is 7.80. The highest BCUT2D eigenvalue weighted by Crippen LogP contribution is 2.02. The van der Waals surface area contributed by atoms with Crippen LogP contribution in [0.15, 0.2) is 12.2 Å². The van der Waals surface area contributed by atoms with Crippen LogP contribution in [0.5, 0.6) is 0 Å². The predicted octanol–water partition coefficient (Wildman–Crippen LogP) is 1.17. The summed E-state index contributed by atoms with van der Waals surface area (Å²) in [7, 11) is 0. The molecule has 0 saturated carbocycles. The van der Waals surface area contributed by atoms with E-state index in [2.05, 4.69) is 6.58 Å². The van der Waals surface area contributed by atoms with E-state index in [1.165, 1.54) is 0 Å². The molecule has 0 saturated heterocycles. The van der Waals surface area contributed by atoms with Gasteiger partial charge in [-0.2, -0.15) is 0 Å². The number of rotatable bonds is 2. The van der Waals surface area contributed by atoms with Crippen LogP contribution in [0.2, 0.25) is 0 Å². The van der Waals surface area contributed by atoms with Crippen LogP contribution in [0.1, 0.15) is 13.8 Å². The zero-order chi connectivity index (χ0) is 6.73. The van der Waals surface area contributed by atoms with Crippen LogP contribution in [0.4, 0.5) is 0 Å². The van der Waals surface area contributed by atoms with Gasteiger partial charge in [0.25, 0.3) is 0 Å². The monoisotopic (exact) mass is 134 g/mol. The Kier molecular flexibility index (Phi) is 2.94. The smallest absolute Gasteiger partial charge is 0.159 e. The van der Waals surface area contributed by atoms with E-state index in [0.29, 0.717) is 0 Å². The van der Waals surface area contributed by atoms with Crippen molar-refractivity contribution in [1.82, 2.24) is 0 Å². The molecule has 0 amide bonds. The van der Waals surface area contributed by atoms with Crippen LogP contribution < -0.4 is 0 Å². The summed E-state index contributed by atoms with van der Waals surface area (Å²) in [4.78, 5) is 0. The van der Waals surface area contributed by atoms with Crippen molar-refractivity contribution in [2.24, 2.45) is 0 Å². The first kappa shape index (κ1) is 7.85. The average molecular weight is 134 g/mol. The first-order valence-corrected chi connectivity index (χ1v) is 3.47. The predicted molar refractivity (Wildman–Crippen MR) is 35.0 cm³/mol. The Morgan fingerprint density at radius 2 is 2.25 bits per heavy atom. The van der Waals surface area contributed by atoms with Crippen molar-refractivity contribution < 1.29 is 8.76 Å². The van der Waals surface area contributed by atoms with E-state index >= 15 is 0 Å². The highest BCUT2D eigenvalue weighted by Gasteiger charge is 2.06. The Morgan fingerprint density at radius 1 is 1.88 bits per heavy atom. The van der Waals surface area contributed by atoms with Gasteiger partial charge in [-0.15, -0.1) is 0 Å². The normalized spacial score (nSPS) is 17.4. The van der Waals surface area contributed by atoms with Crippen LogP contribution in [0.25, 0.3) is 0 Å². The molecule has 0 heterocycles. The molecule has 8 heavy (non-hydrogen) atoms. The molecular formula is C5H10O2S. The SMILES string of the molecule is C=C(C)C(C)S(=O)O. The van der Waals surface area contributed by atoms with Gasteiger partial charge in [-0.05, 0) is 13.8 Å². The first-order chi connectivity index (χ1) is 3.55. The minimum absolute atomic E-state index is 0.296. The molecule has 0 aromatic rings. The van der Waals surface area contributed by atoms with Crippen molar-refractivity contribution in [2.75, 3.05) is 0 Å². The number of hydrogen-bond acceptors (Lipinski definition) is 1. The third-order valence-corrected chi connectivity index (χ3v) is 2.00. The van der Waals surface area contributed by atoms with Gasteiger partial charge >= 0.3 is 0 Å². The lowest BCUT2D eigenvalue weighted by atomic mass is 10.3. The van der Waals surface area contributed by atoms with Gasteiger partial charge in [0, 0.05) is 0 Å². The summed E-state index contributed by atoms with van der Waals surface area (Å²) in [6, 6.07) is 0. The molecule has 3 heteroatoms. The fourth-order valence-corrected chi connectivity index (χ4v) is 0.516. The van der Waals surface area contributed by atoms with E-state index in [-0.39, 0.29) is 5.25 Å². The topological polar surface area (TPSA) is 37.3 Å².